The van der Waals surface area contributed by atoms with Gasteiger partial charge in [0.2, 0.25) is 0 Å². The maximum absolute atomic E-state index is 10.4. The summed E-state index contributed by atoms with van der Waals surface area (Å²) in [4.78, 5) is 10.4. The number of carboxylic acid groups (broad SMARTS) is 1. The monoisotopic (exact) mass is 138 g/mol. The number of carbonyl (C=O) groups is 1. The Morgan fingerprint density at radius 1 is 1.70 bits per heavy atom. The van der Waals surface area contributed by atoms with Crippen molar-refractivity contribution in [2.24, 2.45) is 0 Å². The predicted molar refractivity (Wildman–Crippen MR) is 38.7 cm³/mol. The Morgan fingerprint density at radius 2 is 2.40 bits per heavy atom. The molecule has 0 heterocycles. The minimum atomic E-state index is -0.805. The summed E-state index contributed by atoms with van der Waals surface area (Å²) in [7, 11) is 0. The molecular weight excluding hydrogens is 128 g/mol. The molecule has 0 bridgehead atoms. The fourth-order valence-corrected chi connectivity index (χ4v) is 1.04. The van der Waals surface area contributed by atoms with Crippen LogP contribution >= 0.6 is 0 Å². The number of hydrogen-bond donors (Lipinski definition) is 1. The zero-order valence-corrected chi connectivity index (χ0v) is 5.76. The summed E-state index contributed by atoms with van der Waals surface area (Å²) in [6, 6.07) is 0. The molecule has 2 nitrogen and oxygen atoms in total. The van der Waals surface area contributed by atoms with Crippen LogP contribution in [0.5, 0.6) is 0 Å². The molecule has 0 unspecified atom stereocenters. The Kier molecular flexibility index (Phi) is 1.90. The van der Waals surface area contributed by atoms with Crippen molar-refractivity contribution in [2.45, 2.75) is 19.3 Å². The van der Waals surface area contributed by atoms with Crippen LogP contribution in [-0.4, -0.2) is 11.1 Å². The molecule has 1 rings (SSSR count). The summed E-state index contributed by atoms with van der Waals surface area (Å²) >= 11 is 0. The van der Waals surface area contributed by atoms with Crippen LogP contribution in [0.4, 0.5) is 0 Å². The average Bonchev–Trinajstić information content (AvgIpc) is 1.88. The van der Waals surface area contributed by atoms with E-state index in [1.165, 1.54) is 0 Å². The van der Waals surface area contributed by atoms with Crippen molar-refractivity contribution in [3.8, 4) is 0 Å². The lowest BCUT2D eigenvalue weighted by Crippen LogP contribution is -2.04. The van der Waals surface area contributed by atoms with Gasteiger partial charge in [0.1, 0.15) is 0 Å². The van der Waals surface area contributed by atoms with Crippen molar-refractivity contribution in [1.29, 1.82) is 0 Å². The molecule has 0 radical (unpaired) electrons. The number of allylic oxidation sites excluding steroid dienone is 2. The Labute approximate surface area is 59.9 Å². The second-order valence-electron chi connectivity index (χ2n) is 2.50. The molecule has 0 spiro atoms. The largest absolute Gasteiger partial charge is 0.478 e. The maximum atomic E-state index is 10.4. The van der Waals surface area contributed by atoms with E-state index in [9.17, 15) is 4.79 Å². The first-order valence-corrected chi connectivity index (χ1v) is 3.29. The molecule has 10 heavy (non-hydrogen) atoms. The fraction of sp³-hybridized carbons (Fsp3) is 0.375. The number of carboxylic acids is 1. The highest BCUT2D eigenvalue weighted by Crippen LogP contribution is 2.21. The Bertz CT molecular complexity index is 201. The van der Waals surface area contributed by atoms with Gasteiger partial charge in [-0.1, -0.05) is 18.2 Å². The van der Waals surface area contributed by atoms with Crippen molar-refractivity contribution in [2.75, 3.05) is 0 Å². The van der Waals surface area contributed by atoms with E-state index in [0.717, 1.165) is 18.4 Å². The van der Waals surface area contributed by atoms with Gasteiger partial charge in [0.05, 0.1) is 0 Å². The summed E-state index contributed by atoms with van der Waals surface area (Å²) in [6.45, 7) is 3.74. The van der Waals surface area contributed by atoms with Crippen molar-refractivity contribution in [3.05, 3.63) is 23.8 Å². The van der Waals surface area contributed by atoms with Crippen LogP contribution in [0.1, 0.15) is 19.3 Å². The van der Waals surface area contributed by atoms with Crippen LogP contribution in [0.15, 0.2) is 23.8 Å². The van der Waals surface area contributed by atoms with Gasteiger partial charge in [-0.05, 0) is 19.3 Å². The maximum Gasteiger partial charge on any atom is 0.331 e. The van der Waals surface area contributed by atoms with Gasteiger partial charge in [-0.3, -0.25) is 0 Å². The fourth-order valence-electron chi connectivity index (χ4n) is 1.04. The van der Waals surface area contributed by atoms with Crippen LogP contribution in [0, 0.1) is 0 Å². The van der Waals surface area contributed by atoms with Crippen molar-refractivity contribution < 1.29 is 9.90 Å². The number of hydrogen-bond acceptors (Lipinski definition) is 1. The summed E-state index contributed by atoms with van der Waals surface area (Å²) in [6.07, 6.45) is 4.10. The number of rotatable bonds is 1. The third-order valence-corrected chi connectivity index (χ3v) is 1.60. The lowest BCUT2D eigenvalue weighted by Gasteiger charge is -2.10. The molecule has 0 aliphatic heterocycles. The van der Waals surface area contributed by atoms with E-state index in [1.54, 1.807) is 6.08 Å². The minimum Gasteiger partial charge on any atom is -0.478 e. The van der Waals surface area contributed by atoms with E-state index in [2.05, 4.69) is 6.58 Å². The molecule has 0 saturated carbocycles. The highest BCUT2D eigenvalue weighted by atomic mass is 16.4. The molecule has 0 amide bonds. The molecule has 0 saturated heterocycles. The second-order valence-corrected chi connectivity index (χ2v) is 2.50. The minimum absolute atomic E-state index is 0.497. The first-order chi connectivity index (χ1) is 4.70. The van der Waals surface area contributed by atoms with Gasteiger partial charge in [0.15, 0.2) is 0 Å². The Morgan fingerprint density at radius 3 is 2.80 bits per heavy atom. The van der Waals surface area contributed by atoms with Crippen LogP contribution in [0.3, 0.4) is 0 Å². The Hall–Kier alpha value is -1.05. The molecule has 1 N–H and O–H groups in total. The summed E-state index contributed by atoms with van der Waals surface area (Å²) < 4.78 is 0. The van der Waals surface area contributed by atoms with E-state index in [-0.39, 0.29) is 0 Å². The molecule has 1 aliphatic rings. The van der Waals surface area contributed by atoms with E-state index in [0.29, 0.717) is 12.0 Å². The first-order valence-electron chi connectivity index (χ1n) is 3.29. The summed E-state index contributed by atoms with van der Waals surface area (Å²) in [5.41, 5.74) is 1.52. The van der Waals surface area contributed by atoms with Crippen molar-refractivity contribution in [3.63, 3.8) is 0 Å². The lowest BCUT2D eigenvalue weighted by molar-refractivity contribution is -0.132. The van der Waals surface area contributed by atoms with Gasteiger partial charge in [0.25, 0.3) is 0 Å². The highest BCUT2D eigenvalue weighted by molar-refractivity contribution is 5.87. The average molecular weight is 138 g/mol. The zero-order valence-electron chi connectivity index (χ0n) is 5.76. The van der Waals surface area contributed by atoms with Gasteiger partial charge in [-0.25, -0.2) is 4.79 Å². The summed E-state index contributed by atoms with van der Waals surface area (Å²) in [5, 5.41) is 8.55. The van der Waals surface area contributed by atoms with Gasteiger partial charge in [-0.15, -0.1) is 0 Å². The van der Waals surface area contributed by atoms with E-state index in [4.69, 9.17) is 5.11 Å². The van der Waals surface area contributed by atoms with Gasteiger partial charge >= 0.3 is 5.97 Å². The van der Waals surface area contributed by atoms with Gasteiger partial charge < -0.3 is 5.11 Å². The molecule has 0 aromatic rings. The third kappa shape index (κ3) is 1.47. The molecule has 0 aromatic carbocycles. The van der Waals surface area contributed by atoms with Crippen LogP contribution < -0.4 is 0 Å². The van der Waals surface area contributed by atoms with Gasteiger partial charge in [0, 0.05) is 5.57 Å². The van der Waals surface area contributed by atoms with Crippen LogP contribution in [-0.2, 0) is 4.79 Å². The molecule has 2 heteroatoms. The SMILES string of the molecule is C=C1CCC=C(C(=O)O)C1. The number of aliphatic carboxylic acids is 1. The van der Waals surface area contributed by atoms with E-state index < -0.39 is 5.97 Å². The van der Waals surface area contributed by atoms with Crippen LogP contribution in [0.2, 0.25) is 0 Å². The Balaban J connectivity index is 2.69. The van der Waals surface area contributed by atoms with E-state index >= 15 is 0 Å². The lowest BCUT2D eigenvalue weighted by atomic mass is 9.96. The smallest absolute Gasteiger partial charge is 0.331 e. The molecule has 0 atom stereocenters. The van der Waals surface area contributed by atoms with Crippen molar-refractivity contribution in [1.82, 2.24) is 0 Å². The molecular formula is C8H10O2. The molecule has 1 aliphatic carbocycles. The topological polar surface area (TPSA) is 37.3 Å². The van der Waals surface area contributed by atoms with E-state index in [1.807, 2.05) is 0 Å². The molecule has 54 valence electrons. The van der Waals surface area contributed by atoms with Crippen molar-refractivity contribution >= 4 is 5.97 Å². The highest BCUT2D eigenvalue weighted by Gasteiger charge is 2.11. The normalized spacial score (nSPS) is 18.4. The van der Waals surface area contributed by atoms with Crippen LogP contribution in [0.25, 0.3) is 0 Å². The second kappa shape index (κ2) is 2.69. The third-order valence-electron chi connectivity index (χ3n) is 1.60. The standard InChI is InChI=1S/C8H10O2/c1-6-3-2-4-7(5-6)8(9)10/h4H,1-3,5H2,(H,9,10). The van der Waals surface area contributed by atoms with Gasteiger partial charge in [-0.2, -0.15) is 0 Å². The summed E-state index contributed by atoms with van der Waals surface area (Å²) in [5.74, 6) is -0.805. The quantitative estimate of drug-likeness (QED) is 0.560. The zero-order chi connectivity index (χ0) is 7.56. The molecule has 0 fully saturated rings. The molecule has 0 aromatic heterocycles. The predicted octanol–water partition coefficient (Wildman–Crippen LogP) is 1.74. The first kappa shape index (κ1) is 7.06.